The SMILES string of the molecule is C#Cc1cc(-c2c(C)cc(F)cc2C)cc([C@H](CC(=O)O)NC(=O)[C@@H](CC(C)C)n2cc(CC3COC3)c(C(F)(F)F)cc2=O)c1F. The average molecular weight is 659 g/mol. The molecule has 1 aromatic heterocycles. The molecule has 7 nitrogen and oxygen atoms in total. The number of nitrogens with zero attached hydrogens (tertiary/aromatic N) is 1. The Bertz CT molecular complexity index is 1760. The summed E-state index contributed by atoms with van der Waals surface area (Å²) >= 11 is 0. The molecule has 0 saturated carbocycles. The zero-order valence-corrected chi connectivity index (χ0v) is 26.3. The first-order chi connectivity index (χ1) is 22.0. The van der Waals surface area contributed by atoms with Crippen LogP contribution >= 0.6 is 0 Å². The number of hydrogen-bond donors (Lipinski definition) is 2. The fourth-order valence-corrected chi connectivity index (χ4v) is 5.97. The molecule has 47 heavy (non-hydrogen) atoms. The molecule has 2 atom stereocenters. The summed E-state index contributed by atoms with van der Waals surface area (Å²) in [5.41, 5.74) is -0.960. The molecule has 1 fully saturated rings. The maximum Gasteiger partial charge on any atom is 0.416 e. The molecule has 3 aromatic rings. The first kappa shape index (κ1) is 35.4. The Labute approximate surface area is 268 Å². The summed E-state index contributed by atoms with van der Waals surface area (Å²) in [7, 11) is 0. The molecular formula is C35H35F5N2O5. The highest BCUT2D eigenvalue weighted by atomic mass is 19.4. The third kappa shape index (κ3) is 8.08. The maximum absolute atomic E-state index is 15.8. The van der Waals surface area contributed by atoms with Crippen LogP contribution in [0.25, 0.3) is 11.1 Å². The molecule has 12 heteroatoms. The number of terminal acetylenes is 1. The van der Waals surface area contributed by atoms with Gasteiger partial charge in [0.05, 0.1) is 36.8 Å². The monoisotopic (exact) mass is 658 g/mol. The first-order valence-corrected chi connectivity index (χ1v) is 15.0. The van der Waals surface area contributed by atoms with Gasteiger partial charge in [0.25, 0.3) is 5.56 Å². The second kappa shape index (κ2) is 14.1. The van der Waals surface area contributed by atoms with Gasteiger partial charge in [-0.3, -0.25) is 14.4 Å². The topological polar surface area (TPSA) is 97.6 Å². The van der Waals surface area contributed by atoms with E-state index in [0.717, 1.165) is 10.8 Å². The lowest BCUT2D eigenvalue weighted by Gasteiger charge is -2.29. The van der Waals surface area contributed by atoms with Crippen LogP contribution in [0.4, 0.5) is 22.0 Å². The number of alkyl halides is 3. The van der Waals surface area contributed by atoms with Crippen molar-refractivity contribution in [2.45, 2.75) is 65.2 Å². The van der Waals surface area contributed by atoms with Crippen molar-refractivity contribution in [3.8, 4) is 23.5 Å². The number of carboxylic acid groups (broad SMARTS) is 1. The van der Waals surface area contributed by atoms with E-state index in [9.17, 15) is 37.1 Å². The Morgan fingerprint density at radius 1 is 1.11 bits per heavy atom. The van der Waals surface area contributed by atoms with Crippen molar-refractivity contribution in [3.05, 3.63) is 91.9 Å². The number of amides is 1. The zero-order chi connectivity index (χ0) is 34.8. The fraction of sp³-hybridized carbons (Fsp3) is 0.400. The van der Waals surface area contributed by atoms with E-state index in [0.29, 0.717) is 28.3 Å². The number of carbonyl (C=O) groups excluding carboxylic acids is 1. The van der Waals surface area contributed by atoms with Gasteiger partial charge in [-0.15, -0.1) is 6.42 Å². The van der Waals surface area contributed by atoms with Crippen LogP contribution < -0.4 is 10.9 Å². The normalized spacial score (nSPS) is 14.7. The van der Waals surface area contributed by atoms with Gasteiger partial charge in [-0.25, -0.2) is 8.78 Å². The molecule has 4 rings (SSSR count). The fourth-order valence-electron chi connectivity index (χ4n) is 5.97. The molecule has 0 bridgehead atoms. The number of hydrogen-bond acceptors (Lipinski definition) is 4. The minimum Gasteiger partial charge on any atom is -0.481 e. The number of carbonyl (C=O) groups is 2. The van der Waals surface area contributed by atoms with E-state index in [2.05, 4.69) is 11.2 Å². The molecule has 1 aliphatic rings. The number of aryl methyl sites for hydroxylation is 2. The van der Waals surface area contributed by atoms with Crippen molar-refractivity contribution >= 4 is 11.9 Å². The largest absolute Gasteiger partial charge is 0.481 e. The molecule has 1 saturated heterocycles. The minimum absolute atomic E-state index is 0.00499. The quantitative estimate of drug-likeness (QED) is 0.181. The molecule has 2 heterocycles. The first-order valence-electron chi connectivity index (χ1n) is 15.0. The molecule has 2 aromatic carbocycles. The van der Waals surface area contributed by atoms with E-state index >= 15 is 4.39 Å². The number of benzene rings is 2. The van der Waals surface area contributed by atoms with Gasteiger partial charge in [-0.2, -0.15) is 13.2 Å². The van der Waals surface area contributed by atoms with E-state index in [1.807, 2.05) is 0 Å². The predicted octanol–water partition coefficient (Wildman–Crippen LogP) is 6.52. The lowest BCUT2D eigenvalue weighted by Crippen LogP contribution is -2.41. The van der Waals surface area contributed by atoms with Crippen LogP contribution in [0, 0.1) is 49.7 Å². The number of ether oxygens (including phenoxy) is 1. The summed E-state index contributed by atoms with van der Waals surface area (Å²) in [6, 6.07) is 2.85. The zero-order valence-electron chi connectivity index (χ0n) is 26.3. The second-order valence-electron chi connectivity index (χ2n) is 12.4. The molecule has 2 N–H and O–H groups in total. The molecule has 0 spiro atoms. The number of halogens is 5. The van der Waals surface area contributed by atoms with Crippen molar-refractivity contribution in [2.75, 3.05) is 13.2 Å². The molecular weight excluding hydrogens is 623 g/mol. The van der Waals surface area contributed by atoms with Gasteiger partial charge < -0.3 is 19.7 Å². The van der Waals surface area contributed by atoms with Gasteiger partial charge >= 0.3 is 12.1 Å². The van der Waals surface area contributed by atoms with Crippen molar-refractivity contribution in [1.82, 2.24) is 9.88 Å². The number of rotatable bonds is 11. The standard InChI is InChI=1S/C35H35F5N2O5/c1-6-22-11-23(32-19(4)8-25(36)9-20(32)5)12-26(33(22)37)28(14-31(44)45)41-34(46)29(7-18(2)3)42-15-24(10-21-16-47-17-21)27(13-30(42)43)35(38,39)40/h1,8-9,11-13,15,18,21,28-29H,7,10,14,16-17H2,2-5H3,(H,41,46)(H,44,45)/t28-,29+/m0/s1. The van der Waals surface area contributed by atoms with E-state index in [1.165, 1.54) is 24.3 Å². The molecule has 1 aliphatic heterocycles. The van der Waals surface area contributed by atoms with Crippen LogP contribution in [-0.2, 0) is 26.9 Å². The molecule has 0 radical (unpaired) electrons. The molecule has 1 amide bonds. The highest BCUT2D eigenvalue weighted by Crippen LogP contribution is 2.36. The van der Waals surface area contributed by atoms with E-state index in [-0.39, 0.29) is 54.6 Å². The van der Waals surface area contributed by atoms with Gasteiger partial charge in [-0.05, 0) is 84.7 Å². The van der Waals surface area contributed by atoms with Gasteiger partial charge in [0.1, 0.15) is 17.7 Å². The van der Waals surface area contributed by atoms with Gasteiger partial charge in [-0.1, -0.05) is 19.8 Å². The van der Waals surface area contributed by atoms with Crippen LogP contribution in [-0.4, -0.2) is 34.8 Å². The average Bonchev–Trinajstić information content (AvgIpc) is 2.93. The van der Waals surface area contributed by atoms with Gasteiger partial charge in [0.15, 0.2) is 0 Å². The third-order valence-electron chi connectivity index (χ3n) is 8.13. The highest BCUT2D eigenvalue weighted by molar-refractivity contribution is 5.82. The Hall–Kier alpha value is -4.50. The van der Waals surface area contributed by atoms with Crippen molar-refractivity contribution in [1.29, 1.82) is 0 Å². The number of pyridine rings is 1. The van der Waals surface area contributed by atoms with Crippen LogP contribution in [0.1, 0.15) is 72.2 Å². The Kier molecular flexibility index (Phi) is 10.6. The Morgan fingerprint density at radius 3 is 2.26 bits per heavy atom. The predicted molar refractivity (Wildman–Crippen MR) is 165 cm³/mol. The van der Waals surface area contributed by atoms with E-state index < -0.39 is 59.3 Å². The van der Waals surface area contributed by atoms with Crippen molar-refractivity contribution < 1.29 is 41.4 Å². The smallest absolute Gasteiger partial charge is 0.416 e. The number of aliphatic carboxylic acids is 1. The van der Waals surface area contributed by atoms with Crippen molar-refractivity contribution in [3.63, 3.8) is 0 Å². The lowest BCUT2D eigenvalue weighted by molar-refractivity contribution is -0.139. The Morgan fingerprint density at radius 2 is 1.74 bits per heavy atom. The van der Waals surface area contributed by atoms with Gasteiger partial charge in [0.2, 0.25) is 5.91 Å². The number of carboxylic acids is 1. The minimum atomic E-state index is -4.82. The molecule has 0 unspecified atom stereocenters. The number of nitrogens with one attached hydrogen (secondary N) is 1. The van der Waals surface area contributed by atoms with Crippen LogP contribution in [0.15, 0.2) is 41.3 Å². The maximum atomic E-state index is 15.8. The summed E-state index contributed by atoms with van der Waals surface area (Å²) in [6.07, 6.45) is 0.963. The molecule has 0 aliphatic carbocycles. The summed E-state index contributed by atoms with van der Waals surface area (Å²) in [4.78, 5) is 39.1. The van der Waals surface area contributed by atoms with Gasteiger partial charge in [0, 0.05) is 23.7 Å². The summed E-state index contributed by atoms with van der Waals surface area (Å²) < 4.78 is 77.7. The van der Waals surface area contributed by atoms with Crippen LogP contribution in [0.5, 0.6) is 0 Å². The summed E-state index contributed by atoms with van der Waals surface area (Å²) in [5.74, 6) is -1.95. The second-order valence-corrected chi connectivity index (χ2v) is 12.4. The van der Waals surface area contributed by atoms with Crippen LogP contribution in [0.2, 0.25) is 0 Å². The molecule has 250 valence electrons. The highest BCUT2D eigenvalue weighted by Gasteiger charge is 2.37. The third-order valence-corrected chi connectivity index (χ3v) is 8.13. The summed E-state index contributed by atoms with van der Waals surface area (Å²) in [5, 5.41) is 12.3. The van der Waals surface area contributed by atoms with Crippen LogP contribution in [0.3, 0.4) is 0 Å². The number of aromatic nitrogens is 1. The van der Waals surface area contributed by atoms with E-state index in [1.54, 1.807) is 27.7 Å². The van der Waals surface area contributed by atoms with Crippen molar-refractivity contribution in [2.24, 2.45) is 11.8 Å². The lowest BCUT2D eigenvalue weighted by atomic mass is 9.90. The summed E-state index contributed by atoms with van der Waals surface area (Å²) in [6.45, 7) is 7.28. The Balaban J connectivity index is 1.82. The van der Waals surface area contributed by atoms with E-state index in [4.69, 9.17) is 11.2 Å².